The number of Topliss-reactive ketones (excluding diaryl/α,β-unsaturated/α-hetero) is 1. The van der Waals surface area contributed by atoms with Gasteiger partial charge in [-0.1, -0.05) is 27.7 Å². The number of hydrogen-bond donors (Lipinski definition) is 1. The van der Waals surface area contributed by atoms with E-state index in [1.165, 1.54) is 7.05 Å². The molecule has 0 aliphatic carbocycles. The third-order valence-electron chi connectivity index (χ3n) is 1.14. The summed E-state index contributed by atoms with van der Waals surface area (Å²) < 4.78 is 0. The molecule has 0 aliphatic heterocycles. The summed E-state index contributed by atoms with van der Waals surface area (Å²) in [6.07, 6.45) is 0. The Balaban J connectivity index is 0. The molecule has 0 spiro atoms. The molecule has 0 radical (unpaired) electrons. The predicted octanol–water partition coefficient (Wildman–Crippen LogP) is 1.44. The van der Waals surface area contributed by atoms with E-state index in [4.69, 9.17) is 0 Å². The summed E-state index contributed by atoms with van der Waals surface area (Å²) in [4.78, 5) is 10.8. The first kappa shape index (κ1) is 12.3. The molecule has 0 aromatic rings. The lowest BCUT2D eigenvalue weighted by Crippen LogP contribution is -2.13. The van der Waals surface area contributed by atoms with Gasteiger partial charge in [-0.2, -0.15) is 0 Å². The molecule has 0 atom stereocenters. The maximum atomic E-state index is 10.8. The molecule has 0 aromatic heterocycles. The lowest BCUT2D eigenvalue weighted by Gasteiger charge is -2.05. The van der Waals surface area contributed by atoms with Gasteiger partial charge >= 0.3 is 0 Å². The van der Waals surface area contributed by atoms with E-state index in [1.807, 2.05) is 27.7 Å². The van der Waals surface area contributed by atoms with E-state index in [9.17, 15) is 4.79 Å². The van der Waals surface area contributed by atoms with Crippen molar-refractivity contribution in [2.24, 2.45) is 17.6 Å². The molecule has 2 heteroatoms. The number of rotatable bonds is 2. The summed E-state index contributed by atoms with van der Waals surface area (Å²) in [6, 6.07) is 0. The van der Waals surface area contributed by atoms with Gasteiger partial charge in [0.2, 0.25) is 0 Å². The van der Waals surface area contributed by atoms with Gasteiger partial charge in [-0.3, -0.25) is 4.79 Å². The van der Waals surface area contributed by atoms with Crippen LogP contribution in [0, 0.1) is 11.8 Å². The van der Waals surface area contributed by atoms with Crippen LogP contribution in [0.3, 0.4) is 0 Å². The summed E-state index contributed by atoms with van der Waals surface area (Å²) in [5.74, 6) is 0.759. The van der Waals surface area contributed by atoms with Crippen molar-refractivity contribution < 1.29 is 4.79 Å². The molecule has 2 nitrogen and oxygen atoms in total. The summed E-state index contributed by atoms with van der Waals surface area (Å²) in [5, 5.41) is 0. The third-order valence-corrected chi connectivity index (χ3v) is 1.14. The minimum absolute atomic E-state index is 0.204. The molecule has 0 heterocycles. The van der Waals surface area contributed by atoms with Gasteiger partial charge in [-0.25, -0.2) is 0 Å². The van der Waals surface area contributed by atoms with Crippen LogP contribution in [0.5, 0.6) is 0 Å². The first-order chi connectivity index (χ1) is 4.55. The van der Waals surface area contributed by atoms with Crippen molar-refractivity contribution in [2.45, 2.75) is 27.7 Å². The van der Waals surface area contributed by atoms with Crippen LogP contribution in [0.15, 0.2) is 0 Å². The van der Waals surface area contributed by atoms with Crippen LogP contribution in [0.25, 0.3) is 0 Å². The van der Waals surface area contributed by atoms with Gasteiger partial charge < -0.3 is 5.73 Å². The van der Waals surface area contributed by atoms with Gasteiger partial charge in [0, 0.05) is 11.8 Å². The number of hydrogen-bond acceptors (Lipinski definition) is 2. The van der Waals surface area contributed by atoms with Crippen LogP contribution in [-0.2, 0) is 4.79 Å². The third kappa shape index (κ3) is 5.76. The Hall–Kier alpha value is -0.370. The molecule has 0 bridgehead atoms. The molecular weight excluding hydrogens is 126 g/mol. The lowest BCUT2D eigenvalue weighted by molar-refractivity contribution is -0.124. The molecular formula is C8H19NO. The van der Waals surface area contributed by atoms with Crippen LogP contribution < -0.4 is 5.73 Å². The molecule has 0 aromatic carbocycles. The molecule has 0 unspecified atom stereocenters. The lowest BCUT2D eigenvalue weighted by atomic mass is 9.99. The highest BCUT2D eigenvalue weighted by Crippen LogP contribution is 2.03. The fourth-order valence-electron chi connectivity index (χ4n) is 0.667. The zero-order valence-electron chi connectivity index (χ0n) is 7.64. The van der Waals surface area contributed by atoms with Crippen molar-refractivity contribution >= 4 is 5.78 Å². The predicted molar refractivity (Wildman–Crippen MR) is 44.8 cm³/mol. The SMILES string of the molecule is CC(C)C(=O)C(C)C.CN. The van der Waals surface area contributed by atoms with Gasteiger partial charge in [0.25, 0.3) is 0 Å². The maximum Gasteiger partial charge on any atom is 0.137 e. The van der Waals surface area contributed by atoms with Gasteiger partial charge in [-0.15, -0.1) is 0 Å². The average molecular weight is 145 g/mol. The van der Waals surface area contributed by atoms with Gasteiger partial charge in [0.1, 0.15) is 5.78 Å². The Bertz CT molecular complexity index is 77.3. The van der Waals surface area contributed by atoms with Crippen LogP contribution in [-0.4, -0.2) is 12.8 Å². The van der Waals surface area contributed by atoms with E-state index in [2.05, 4.69) is 5.73 Å². The minimum Gasteiger partial charge on any atom is -0.333 e. The summed E-state index contributed by atoms with van der Waals surface area (Å²) in [7, 11) is 1.50. The topological polar surface area (TPSA) is 43.1 Å². The van der Waals surface area contributed by atoms with E-state index in [0.29, 0.717) is 5.78 Å². The van der Waals surface area contributed by atoms with Crippen molar-refractivity contribution in [3.8, 4) is 0 Å². The number of ketones is 1. The molecule has 0 saturated carbocycles. The minimum atomic E-state index is 0.204. The molecule has 62 valence electrons. The first-order valence-electron chi connectivity index (χ1n) is 3.67. The highest BCUT2D eigenvalue weighted by Gasteiger charge is 2.09. The Labute approximate surface area is 63.8 Å². The smallest absolute Gasteiger partial charge is 0.137 e. The van der Waals surface area contributed by atoms with Crippen LogP contribution in [0.4, 0.5) is 0 Å². The van der Waals surface area contributed by atoms with E-state index in [-0.39, 0.29) is 11.8 Å². The second kappa shape index (κ2) is 6.75. The van der Waals surface area contributed by atoms with E-state index >= 15 is 0 Å². The number of carbonyl (C=O) groups is 1. The second-order valence-corrected chi connectivity index (χ2v) is 2.71. The summed E-state index contributed by atoms with van der Waals surface area (Å²) in [6.45, 7) is 7.73. The fourth-order valence-corrected chi connectivity index (χ4v) is 0.667. The maximum absolute atomic E-state index is 10.8. The second-order valence-electron chi connectivity index (χ2n) is 2.71. The first-order valence-corrected chi connectivity index (χ1v) is 3.67. The monoisotopic (exact) mass is 145 g/mol. The Morgan fingerprint density at radius 3 is 1.20 bits per heavy atom. The molecule has 0 aliphatic rings. The average Bonchev–Trinajstić information content (AvgIpc) is 1.90. The Kier molecular flexibility index (Phi) is 8.31. The zero-order valence-corrected chi connectivity index (χ0v) is 7.64. The van der Waals surface area contributed by atoms with Crippen molar-refractivity contribution in [1.82, 2.24) is 0 Å². The van der Waals surface area contributed by atoms with E-state index < -0.39 is 0 Å². The fraction of sp³-hybridized carbons (Fsp3) is 0.875. The zero-order chi connectivity index (χ0) is 8.73. The molecule has 0 rings (SSSR count). The van der Waals surface area contributed by atoms with Crippen LogP contribution in [0.2, 0.25) is 0 Å². The van der Waals surface area contributed by atoms with Gasteiger partial charge in [0.15, 0.2) is 0 Å². The standard InChI is InChI=1S/C7H14O.CH5N/c1-5(2)7(8)6(3)4;1-2/h5-6H,1-4H3;2H2,1H3. The molecule has 0 fully saturated rings. The van der Waals surface area contributed by atoms with E-state index in [1.54, 1.807) is 0 Å². The van der Waals surface area contributed by atoms with Crippen molar-refractivity contribution in [1.29, 1.82) is 0 Å². The highest BCUT2D eigenvalue weighted by atomic mass is 16.1. The Morgan fingerprint density at radius 1 is 1.00 bits per heavy atom. The molecule has 0 amide bonds. The molecule has 0 saturated heterocycles. The molecule has 2 N–H and O–H groups in total. The summed E-state index contributed by atoms with van der Waals surface area (Å²) >= 11 is 0. The largest absolute Gasteiger partial charge is 0.333 e. The van der Waals surface area contributed by atoms with Crippen molar-refractivity contribution in [2.75, 3.05) is 7.05 Å². The quantitative estimate of drug-likeness (QED) is 0.639. The molecule has 10 heavy (non-hydrogen) atoms. The van der Waals surface area contributed by atoms with E-state index in [0.717, 1.165) is 0 Å². The number of nitrogens with two attached hydrogens (primary N) is 1. The highest BCUT2D eigenvalue weighted by molar-refractivity contribution is 5.81. The van der Waals surface area contributed by atoms with Crippen LogP contribution in [0.1, 0.15) is 27.7 Å². The van der Waals surface area contributed by atoms with Crippen molar-refractivity contribution in [3.05, 3.63) is 0 Å². The number of carbonyl (C=O) groups excluding carboxylic acids is 1. The summed E-state index contributed by atoms with van der Waals surface area (Å²) in [5.41, 5.74) is 4.50. The van der Waals surface area contributed by atoms with Gasteiger partial charge in [-0.05, 0) is 7.05 Å². The van der Waals surface area contributed by atoms with Crippen molar-refractivity contribution in [3.63, 3.8) is 0 Å². The van der Waals surface area contributed by atoms with Crippen LogP contribution >= 0.6 is 0 Å². The normalized spacial score (nSPS) is 9.20. The Morgan fingerprint density at radius 2 is 1.20 bits per heavy atom. The van der Waals surface area contributed by atoms with Gasteiger partial charge in [0.05, 0.1) is 0 Å².